The van der Waals surface area contributed by atoms with Crippen LogP contribution in [-0.4, -0.2) is 12.6 Å². The lowest BCUT2D eigenvalue weighted by atomic mass is 10.2. The van der Waals surface area contributed by atoms with Crippen LogP contribution in [0, 0.1) is 0 Å². The molecule has 0 saturated heterocycles. The van der Waals surface area contributed by atoms with E-state index < -0.39 is 0 Å². The Morgan fingerprint density at radius 3 is 2.67 bits per heavy atom. The highest BCUT2D eigenvalue weighted by Crippen LogP contribution is 1.99. The van der Waals surface area contributed by atoms with E-state index in [9.17, 15) is 4.79 Å². The van der Waals surface area contributed by atoms with Gasteiger partial charge in [-0.1, -0.05) is 31.9 Å². The zero-order valence-electron chi connectivity index (χ0n) is 7.75. The highest BCUT2D eigenvalue weighted by atomic mass is 16.1. The summed E-state index contributed by atoms with van der Waals surface area (Å²) in [5, 5.41) is 0. The molecule has 0 rings (SSSR count). The monoisotopic (exact) mass is 167 g/mol. The molecule has 0 heterocycles. The van der Waals surface area contributed by atoms with Crippen molar-refractivity contribution in [3.8, 4) is 0 Å². The number of carbonyl (C=O) groups excluding carboxylic acids is 1. The molecule has 0 amide bonds. The molecule has 0 bridgehead atoms. The van der Waals surface area contributed by atoms with Crippen LogP contribution in [-0.2, 0) is 4.79 Å². The van der Waals surface area contributed by atoms with Gasteiger partial charge < -0.3 is 0 Å². The topological polar surface area (TPSA) is 29.4 Å². The maximum Gasteiger partial charge on any atom is 0.234 e. The first kappa shape index (κ1) is 11.1. The van der Waals surface area contributed by atoms with Crippen molar-refractivity contribution in [2.75, 3.05) is 6.54 Å². The Balaban J connectivity index is 3.08. The smallest absolute Gasteiger partial charge is 0.211 e. The molecule has 2 nitrogen and oxygen atoms in total. The van der Waals surface area contributed by atoms with Crippen molar-refractivity contribution in [1.29, 1.82) is 0 Å². The van der Waals surface area contributed by atoms with Gasteiger partial charge in [-0.05, 0) is 19.3 Å². The molecule has 0 spiro atoms. The van der Waals surface area contributed by atoms with E-state index in [-0.39, 0.29) is 0 Å². The van der Waals surface area contributed by atoms with Crippen LogP contribution in [0.25, 0.3) is 0 Å². The van der Waals surface area contributed by atoms with Crippen LogP contribution in [0.3, 0.4) is 0 Å². The van der Waals surface area contributed by atoms with Gasteiger partial charge in [-0.25, -0.2) is 9.79 Å². The minimum absolute atomic E-state index is 0.577. The molecule has 0 fully saturated rings. The van der Waals surface area contributed by atoms with Crippen molar-refractivity contribution in [1.82, 2.24) is 0 Å². The Labute approximate surface area is 74.4 Å². The van der Waals surface area contributed by atoms with E-state index in [1.807, 2.05) is 0 Å². The van der Waals surface area contributed by atoms with E-state index in [1.54, 1.807) is 0 Å². The second-order valence-corrected chi connectivity index (χ2v) is 2.73. The van der Waals surface area contributed by atoms with Crippen LogP contribution < -0.4 is 0 Å². The molecule has 0 aromatic heterocycles. The zero-order chi connectivity index (χ0) is 9.07. The first-order valence-electron chi connectivity index (χ1n) is 4.60. The maximum absolute atomic E-state index is 9.66. The quantitative estimate of drug-likeness (QED) is 0.248. The van der Waals surface area contributed by atoms with E-state index >= 15 is 0 Å². The highest BCUT2D eigenvalue weighted by molar-refractivity contribution is 5.32. The van der Waals surface area contributed by atoms with Gasteiger partial charge in [-0.15, -0.1) is 0 Å². The number of unbranched alkanes of at least 4 members (excludes halogenated alkanes) is 3. The van der Waals surface area contributed by atoms with Gasteiger partial charge in [0.1, 0.15) is 0 Å². The molecular formula is C10H17NO. The summed E-state index contributed by atoms with van der Waals surface area (Å²) in [6, 6.07) is 0. The Bertz CT molecular complexity index is 157. The van der Waals surface area contributed by atoms with Gasteiger partial charge in [0.05, 0.1) is 6.54 Å². The highest BCUT2D eigenvalue weighted by Gasteiger charge is 1.81. The van der Waals surface area contributed by atoms with Crippen LogP contribution in [0.2, 0.25) is 0 Å². The first-order valence-corrected chi connectivity index (χ1v) is 4.60. The lowest BCUT2D eigenvalue weighted by molar-refractivity contribution is 0.563. The average molecular weight is 167 g/mol. The Kier molecular flexibility index (Phi) is 9.38. The van der Waals surface area contributed by atoms with E-state index in [0.29, 0.717) is 6.54 Å². The van der Waals surface area contributed by atoms with Gasteiger partial charge in [0.15, 0.2) is 0 Å². The third kappa shape index (κ3) is 9.12. The predicted molar refractivity (Wildman–Crippen MR) is 50.9 cm³/mol. The minimum Gasteiger partial charge on any atom is -0.211 e. The number of isocyanates is 1. The van der Waals surface area contributed by atoms with Crippen LogP contribution in [0.4, 0.5) is 0 Å². The fourth-order valence-electron chi connectivity index (χ4n) is 0.933. The fourth-order valence-corrected chi connectivity index (χ4v) is 0.933. The third-order valence-electron chi connectivity index (χ3n) is 1.61. The molecule has 0 aliphatic carbocycles. The minimum atomic E-state index is 0.577. The molecule has 0 atom stereocenters. The molecular weight excluding hydrogens is 150 g/mol. The van der Waals surface area contributed by atoms with Gasteiger partial charge in [-0.3, -0.25) is 0 Å². The molecule has 0 N–H and O–H groups in total. The summed E-state index contributed by atoms with van der Waals surface area (Å²) in [5.41, 5.74) is 0. The Morgan fingerprint density at radius 2 is 2.00 bits per heavy atom. The molecule has 0 unspecified atom stereocenters. The summed E-state index contributed by atoms with van der Waals surface area (Å²) < 4.78 is 0. The van der Waals surface area contributed by atoms with Gasteiger partial charge >= 0.3 is 0 Å². The molecule has 0 aliphatic heterocycles. The number of rotatable bonds is 7. The van der Waals surface area contributed by atoms with Crippen molar-refractivity contribution in [2.24, 2.45) is 4.99 Å². The molecule has 2 heteroatoms. The van der Waals surface area contributed by atoms with E-state index in [4.69, 9.17) is 0 Å². The second kappa shape index (κ2) is 10.1. The number of hydrogen-bond donors (Lipinski definition) is 0. The molecule has 0 saturated carbocycles. The van der Waals surface area contributed by atoms with E-state index in [2.05, 4.69) is 24.1 Å². The molecule has 0 aromatic carbocycles. The molecule has 12 heavy (non-hydrogen) atoms. The summed E-state index contributed by atoms with van der Waals surface area (Å²) >= 11 is 0. The van der Waals surface area contributed by atoms with Crippen molar-refractivity contribution in [2.45, 2.75) is 39.0 Å². The van der Waals surface area contributed by atoms with Crippen molar-refractivity contribution >= 4 is 6.08 Å². The summed E-state index contributed by atoms with van der Waals surface area (Å²) in [6.07, 6.45) is 11.6. The largest absolute Gasteiger partial charge is 0.234 e. The zero-order valence-corrected chi connectivity index (χ0v) is 7.75. The number of hydrogen-bond acceptors (Lipinski definition) is 2. The summed E-state index contributed by atoms with van der Waals surface area (Å²) in [4.78, 5) is 13.1. The van der Waals surface area contributed by atoms with Crippen molar-refractivity contribution in [3.63, 3.8) is 0 Å². The molecule has 0 aliphatic rings. The lowest BCUT2D eigenvalue weighted by Gasteiger charge is -1.90. The van der Waals surface area contributed by atoms with Gasteiger partial charge in [0, 0.05) is 0 Å². The number of nitrogens with zero attached hydrogens (tertiary/aromatic N) is 1. The van der Waals surface area contributed by atoms with Crippen molar-refractivity contribution in [3.05, 3.63) is 12.2 Å². The molecule has 68 valence electrons. The van der Waals surface area contributed by atoms with E-state index in [0.717, 1.165) is 12.8 Å². The van der Waals surface area contributed by atoms with Crippen LogP contribution in [0.5, 0.6) is 0 Å². The van der Waals surface area contributed by atoms with E-state index in [1.165, 1.54) is 25.3 Å². The number of allylic oxidation sites excluding steroid dienone is 1. The predicted octanol–water partition coefficient (Wildman–Crippen LogP) is 2.85. The fraction of sp³-hybridized carbons (Fsp3) is 0.700. The van der Waals surface area contributed by atoms with Gasteiger partial charge in [0.2, 0.25) is 6.08 Å². The first-order chi connectivity index (χ1) is 5.91. The van der Waals surface area contributed by atoms with Crippen molar-refractivity contribution < 1.29 is 4.79 Å². The number of aliphatic imine (C=N–C) groups is 1. The van der Waals surface area contributed by atoms with Crippen LogP contribution in [0.15, 0.2) is 17.1 Å². The Hall–Kier alpha value is -0.880. The van der Waals surface area contributed by atoms with Crippen LogP contribution in [0.1, 0.15) is 39.0 Å². The summed E-state index contributed by atoms with van der Waals surface area (Å²) in [6.45, 7) is 2.77. The Morgan fingerprint density at radius 1 is 1.25 bits per heavy atom. The lowest BCUT2D eigenvalue weighted by Crippen LogP contribution is -1.75. The third-order valence-corrected chi connectivity index (χ3v) is 1.61. The van der Waals surface area contributed by atoms with Crippen LogP contribution >= 0.6 is 0 Å². The standard InChI is InChI=1S/C10H17NO/c1-2-3-4-5-6-7-8-9-11-10-12/h6-7H,2-5,8-9H2,1H3/b7-6+. The molecule has 0 aromatic rings. The normalized spacial score (nSPS) is 10.1. The maximum atomic E-state index is 9.66. The molecule has 0 radical (unpaired) electrons. The summed E-state index contributed by atoms with van der Waals surface area (Å²) in [7, 11) is 0. The van der Waals surface area contributed by atoms with Gasteiger partial charge in [-0.2, -0.15) is 0 Å². The summed E-state index contributed by atoms with van der Waals surface area (Å²) in [5.74, 6) is 0. The average Bonchev–Trinajstić information content (AvgIpc) is 2.10. The van der Waals surface area contributed by atoms with Gasteiger partial charge in [0.25, 0.3) is 0 Å². The second-order valence-electron chi connectivity index (χ2n) is 2.73. The SMILES string of the molecule is CCCCC/C=C/CCN=C=O.